The maximum atomic E-state index is 12.9. The molecule has 26 heavy (non-hydrogen) atoms. The van der Waals surface area contributed by atoms with Gasteiger partial charge in [0.25, 0.3) is 5.91 Å². The monoisotopic (exact) mass is 345 g/mol. The van der Waals surface area contributed by atoms with Crippen molar-refractivity contribution in [2.45, 2.75) is 20.3 Å². The Bertz CT molecular complexity index is 877. The fraction of sp³-hybridized carbons (Fsp3) is 0.182. The predicted molar refractivity (Wildman–Crippen MR) is 107 cm³/mol. The van der Waals surface area contributed by atoms with Gasteiger partial charge >= 0.3 is 0 Å². The van der Waals surface area contributed by atoms with Crippen LogP contribution in [0.25, 0.3) is 0 Å². The van der Waals surface area contributed by atoms with Gasteiger partial charge in [0.05, 0.1) is 0 Å². The van der Waals surface area contributed by atoms with E-state index in [-0.39, 0.29) is 5.91 Å². The number of amides is 1. The molecular formula is C22H23N3O. The topological polar surface area (TPSA) is 45.2 Å². The van der Waals surface area contributed by atoms with Gasteiger partial charge in [0.15, 0.2) is 0 Å². The molecule has 1 N–H and O–H groups in total. The summed E-state index contributed by atoms with van der Waals surface area (Å²) in [5.74, 6) is -0.105. The maximum Gasteiger partial charge on any atom is 0.276 e. The van der Waals surface area contributed by atoms with Gasteiger partial charge in [0.1, 0.15) is 5.69 Å². The average molecular weight is 345 g/mol. The molecule has 0 aliphatic carbocycles. The Kier molecular flexibility index (Phi) is 5.64. The van der Waals surface area contributed by atoms with Crippen LogP contribution in [0, 0.1) is 0 Å². The van der Waals surface area contributed by atoms with Crippen molar-refractivity contribution in [3.05, 3.63) is 84.2 Å². The van der Waals surface area contributed by atoms with Crippen molar-refractivity contribution in [1.82, 2.24) is 4.98 Å². The zero-order valence-corrected chi connectivity index (χ0v) is 15.1. The van der Waals surface area contributed by atoms with Crippen LogP contribution in [0.1, 0.15) is 29.9 Å². The second kappa shape index (κ2) is 8.30. The Labute approximate surface area is 154 Å². The number of rotatable bonds is 6. The van der Waals surface area contributed by atoms with Crippen molar-refractivity contribution in [2.75, 3.05) is 16.8 Å². The third kappa shape index (κ3) is 3.91. The van der Waals surface area contributed by atoms with E-state index >= 15 is 0 Å². The van der Waals surface area contributed by atoms with Gasteiger partial charge in [0, 0.05) is 29.8 Å². The Hall–Kier alpha value is -3.14. The zero-order chi connectivity index (χ0) is 18.4. The number of nitrogens with one attached hydrogen (secondary N) is 1. The number of pyridine rings is 1. The molecule has 1 amide bonds. The Balaban J connectivity index is 1.85. The van der Waals surface area contributed by atoms with Crippen molar-refractivity contribution in [2.24, 2.45) is 0 Å². The highest BCUT2D eigenvalue weighted by molar-refractivity contribution is 6.05. The number of nitrogens with zero attached hydrogens (tertiary/aromatic N) is 2. The van der Waals surface area contributed by atoms with Gasteiger partial charge < -0.3 is 10.2 Å². The van der Waals surface area contributed by atoms with E-state index in [1.165, 1.54) is 5.56 Å². The molecule has 0 aliphatic heterocycles. The first-order valence-electron chi connectivity index (χ1n) is 8.90. The summed E-state index contributed by atoms with van der Waals surface area (Å²) in [5.41, 5.74) is 4.44. The largest absolute Gasteiger partial charge is 0.355 e. The first-order valence-corrected chi connectivity index (χ1v) is 8.90. The molecule has 0 atom stereocenters. The molecule has 3 rings (SSSR count). The van der Waals surface area contributed by atoms with Gasteiger partial charge in [-0.25, -0.2) is 0 Å². The highest BCUT2D eigenvalue weighted by Gasteiger charge is 2.17. The number of hydrogen-bond donors (Lipinski definition) is 1. The highest BCUT2D eigenvalue weighted by atomic mass is 16.2. The third-order valence-corrected chi connectivity index (χ3v) is 4.29. The molecule has 4 heteroatoms. The lowest BCUT2D eigenvalue weighted by Gasteiger charge is -2.21. The van der Waals surface area contributed by atoms with E-state index in [0.717, 1.165) is 23.5 Å². The van der Waals surface area contributed by atoms with E-state index in [9.17, 15) is 4.79 Å². The number of carbonyl (C=O) groups is 1. The number of carbonyl (C=O) groups excluding carboxylic acids is 1. The van der Waals surface area contributed by atoms with Crippen LogP contribution in [-0.4, -0.2) is 17.4 Å². The summed E-state index contributed by atoms with van der Waals surface area (Å²) in [6.45, 7) is 4.67. The minimum absolute atomic E-state index is 0.105. The molecule has 132 valence electrons. The van der Waals surface area contributed by atoms with Crippen LogP contribution < -0.4 is 10.2 Å². The Morgan fingerprint density at radius 3 is 2.46 bits per heavy atom. The van der Waals surface area contributed by atoms with Crippen molar-refractivity contribution < 1.29 is 4.79 Å². The summed E-state index contributed by atoms with van der Waals surface area (Å²) in [6.07, 6.45) is 2.61. The molecule has 0 fully saturated rings. The molecule has 0 bridgehead atoms. The van der Waals surface area contributed by atoms with Crippen molar-refractivity contribution in [1.29, 1.82) is 0 Å². The van der Waals surface area contributed by atoms with E-state index in [1.54, 1.807) is 17.2 Å². The van der Waals surface area contributed by atoms with Crippen LogP contribution in [0.2, 0.25) is 0 Å². The molecule has 4 nitrogen and oxygen atoms in total. The van der Waals surface area contributed by atoms with Gasteiger partial charge in [-0.05, 0) is 49.2 Å². The van der Waals surface area contributed by atoms with Crippen LogP contribution in [-0.2, 0) is 6.42 Å². The average Bonchev–Trinajstić information content (AvgIpc) is 2.70. The molecule has 0 saturated heterocycles. The molecule has 2 aromatic carbocycles. The lowest BCUT2D eigenvalue weighted by atomic mass is 10.1. The number of anilines is 3. The number of hydrogen-bond acceptors (Lipinski definition) is 3. The quantitative estimate of drug-likeness (QED) is 0.679. The molecule has 1 heterocycles. The molecule has 0 saturated carbocycles. The standard InChI is InChI=1S/C22H23N3O/c1-3-17-10-8-9-13-20(17)24-18-14-15-23-21(16-18)22(26)25(4-2)19-11-6-5-7-12-19/h5-16H,3-4H2,1-2H3,(H,23,24). The third-order valence-electron chi connectivity index (χ3n) is 4.29. The van der Waals surface area contributed by atoms with E-state index in [0.29, 0.717) is 12.2 Å². The summed E-state index contributed by atoms with van der Waals surface area (Å²) in [7, 11) is 0. The molecule has 0 radical (unpaired) electrons. The fourth-order valence-electron chi connectivity index (χ4n) is 2.92. The highest BCUT2D eigenvalue weighted by Crippen LogP contribution is 2.22. The Morgan fingerprint density at radius 1 is 1.00 bits per heavy atom. The van der Waals surface area contributed by atoms with E-state index in [1.807, 2.05) is 61.5 Å². The smallest absolute Gasteiger partial charge is 0.276 e. The summed E-state index contributed by atoms with van der Waals surface area (Å²) in [6, 6.07) is 21.5. The lowest BCUT2D eigenvalue weighted by molar-refractivity contribution is 0.0983. The van der Waals surface area contributed by atoms with E-state index in [2.05, 4.69) is 23.3 Å². The fourth-order valence-corrected chi connectivity index (χ4v) is 2.92. The predicted octanol–water partition coefficient (Wildman–Crippen LogP) is 5.05. The van der Waals surface area contributed by atoms with E-state index < -0.39 is 0 Å². The van der Waals surface area contributed by atoms with Crippen LogP contribution in [0.15, 0.2) is 72.9 Å². The van der Waals surface area contributed by atoms with Crippen molar-refractivity contribution in [3.8, 4) is 0 Å². The van der Waals surface area contributed by atoms with Gasteiger partial charge in [-0.3, -0.25) is 9.78 Å². The van der Waals surface area contributed by atoms with Gasteiger partial charge in [-0.1, -0.05) is 43.3 Å². The molecule has 1 aromatic heterocycles. The minimum Gasteiger partial charge on any atom is -0.355 e. The van der Waals surface area contributed by atoms with Crippen LogP contribution in [0.4, 0.5) is 17.1 Å². The van der Waals surface area contributed by atoms with E-state index in [4.69, 9.17) is 0 Å². The van der Waals surface area contributed by atoms with Gasteiger partial charge in [-0.2, -0.15) is 0 Å². The summed E-state index contributed by atoms with van der Waals surface area (Å²) in [4.78, 5) is 19.0. The minimum atomic E-state index is -0.105. The molecule has 0 aliphatic rings. The van der Waals surface area contributed by atoms with Crippen molar-refractivity contribution in [3.63, 3.8) is 0 Å². The molecule has 3 aromatic rings. The second-order valence-corrected chi connectivity index (χ2v) is 5.95. The first kappa shape index (κ1) is 17.7. The SMILES string of the molecule is CCc1ccccc1Nc1ccnc(C(=O)N(CC)c2ccccc2)c1. The second-order valence-electron chi connectivity index (χ2n) is 5.95. The maximum absolute atomic E-state index is 12.9. The molecule has 0 spiro atoms. The van der Waals surface area contributed by atoms with Gasteiger partial charge in [0.2, 0.25) is 0 Å². The van der Waals surface area contributed by atoms with Gasteiger partial charge in [-0.15, -0.1) is 0 Å². The number of aryl methyl sites for hydroxylation is 1. The van der Waals surface area contributed by atoms with Crippen LogP contribution in [0.5, 0.6) is 0 Å². The molecule has 0 unspecified atom stereocenters. The summed E-state index contributed by atoms with van der Waals surface area (Å²) in [5, 5.41) is 3.40. The lowest BCUT2D eigenvalue weighted by Crippen LogP contribution is -2.31. The number of aromatic nitrogens is 1. The molecular weight excluding hydrogens is 322 g/mol. The zero-order valence-electron chi connectivity index (χ0n) is 15.1. The first-order chi connectivity index (χ1) is 12.7. The Morgan fingerprint density at radius 2 is 1.73 bits per heavy atom. The normalized spacial score (nSPS) is 10.4. The number of para-hydroxylation sites is 2. The summed E-state index contributed by atoms with van der Waals surface area (Å²) < 4.78 is 0. The van der Waals surface area contributed by atoms with Crippen LogP contribution in [0.3, 0.4) is 0 Å². The number of benzene rings is 2. The van der Waals surface area contributed by atoms with Crippen molar-refractivity contribution >= 4 is 23.0 Å². The van der Waals surface area contributed by atoms with Crippen LogP contribution >= 0.6 is 0 Å². The summed E-state index contributed by atoms with van der Waals surface area (Å²) >= 11 is 0.